The van der Waals surface area contributed by atoms with E-state index in [9.17, 15) is 9.59 Å². The molecule has 0 aromatic heterocycles. The summed E-state index contributed by atoms with van der Waals surface area (Å²) in [6, 6.07) is 9.73. The maximum absolute atomic E-state index is 12.6. The van der Waals surface area contributed by atoms with Gasteiger partial charge in [-0.25, -0.2) is 0 Å². The van der Waals surface area contributed by atoms with Crippen LogP contribution in [0.25, 0.3) is 0 Å². The number of methoxy groups -OCH3 is 1. The molecule has 1 fully saturated rings. The molecule has 0 N–H and O–H groups in total. The van der Waals surface area contributed by atoms with Crippen LogP contribution in [0.15, 0.2) is 42.1 Å². The minimum Gasteiger partial charge on any atom is -0.468 e. The first-order chi connectivity index (χ1) is 11.2. The summed E-state index contributed by atoms with van der Waals surface area (Å²) in [5, 5.41) is 0. The molecule has 5 heteroatoms. The number of carbonyl (C=O) groups is 2. The molecule has 5 nitrogen and oxygen atoms in total. The number of rotatable bonds is 3. The smallest absolute Gasteiger partial charge is 0.317 e. The molecule has 122 valence electrons. The number of ketones is 1. The molecule has 0 amide bonds. The van der Waals surface area contributed by atoms with Crippen LogP contribution in [0, 0.1) is 5.92 Å². The fourth-order valence-electron chi connectivity index (χ4n) is 3.34. The Balaban J connectivity index is 1.92. The number of benzene rings is 1. The van der Waals surface area contributed by atoms with E-state index in [-0.39, 0.29) is 11.7 Å². The molecule has 1 saturated heterocycles. The predicted molar refractivity (Wildman–Crippen MR) is 84.8 cm³/mol. The summed E-state index contributed by atoms with van der Waals surface area (Å²) < 4.78 is 10.2. The minimum atomic E-state index is -0.757. The van der Waals surface area contributed by atoms with Gasteiger partial charge in [-0.1, -0.05) is 30.3 Å². The number of nitrogens with zero attached hydrogens (tertiary/aromatic N) is 1. The first-order valence-electron chi connectivity index (χ1n) is 7.90. The second-order valence-electron chi connectivity index (χ2n) is 5.86. The highest BCUT2D eigenvalue weighted by Gasteiger charge is 2.40. The highest BCUT2D eigenvalue weighted by molar-refractivity contribution is 6.07. The Bertz CT molecular complexity index is 605. The van der Waals surface area contributed by atoms with Gasteiger partial charge in [-0.2, -0.15) is 0 Å². The highest BCUT2D eigenvalue weighted by Crippen LogP contribution is 2.37. The Labute approximate surface area is 135 Å². The SMILES string of the molecule is COC(=O)[C@@H]1C(=O)C=C(N2CCOCC2)C[C@@H]1c1ccccc1. The molecule has 1 heterocycles. The lowest BCUT2D eigenvalue weighted by Crippen LogP contribution is -2.41. The fraction of sp³-hybridized carbons (Fsp3) is 0.444. The summed E-state index contributed by atoms with van der Waals surface area (Å²) in [5.41, 5.74) is 1.99. The second kappa shape index (κ2) is 6.96. The Morgan fingerprint density at radius 1 is 1.22 bits per heavy atom. The number of hydrogen-bond acceptors (Lipinski definition) is 5. The van der Waals surface area contributed by atoms with E-state index in [2.05, 4.69) is 4.90 Å². The van der Waals surface area contributed by atoms with Crippen molar-refractivity contribution in [1.29, 1.82) is 0 Å². The van der Waals surface area contributed by atoms with Crippen molar-refractivity contribution in [3.8, 4) is 0 Å². The number of allylic oxidation sites excluding steroid dienone is 2. The lowest BCUT2D eigenvalue weighted by molar-refractivity contribution is -0.149. The number of carbonyl (C=O) groups excluding carboxylic acids is 2. The van der Waals surface area contributed by atoms with Crippen molar-refractivity contribution in [3.63, 3.8) is 0 Å². The Morgan fingerprint density at radius 2 is 1.91 bits per heavy atom. The van der Waals surface area contributed by atoms with Crippen LogP contribution in [0.3, 0.4) is 0 Å². The van der Waals surface area contributed by atoms with Crippen molar-refractivity contribution in [2.75, 3.05) is 33.4 Å². The molecular weight excluding hydrogens is 294 g/mol. The van der Waals surface area contributed by atoms with E-state index in [1.165, 1.54) is 7.11 Å². The summed E-state index contributed by atoms with van der Waals surface area (Å²) in [6.07, 6.45) is 2.28. The van der Waals surface area contributed by atoms with Gasteiger partial charge in [0.1, 0.15) is 5.92 Å². The summed E-state index contributed by atoms with van der Waals surface area (Å²) in [6.45, 7) is 2.90. The van der Waals surface area contributed by atoms with Crippen LogP contribution in [-0.4, -0.2) is 50.1 Å². The van der Waals surface area contributed by atoms with Crippen molar-refractivity contribution in [1.82, 2.24) is 4.90 Å². The second-order valence-corrected chi connectivity index (χ2v) is 5.86. The van der Waals surface area contributed by atoms with E-state index in [1.54, 1.807) is 6.08 Å². The van der Waals surface area contributed by atoms with Gasteiger partial charge in [0.15, 0.2) is 5.78 Å². The third kappa shape index (κ3) is 3.29. The van der Waals surface area contributed by atoms with Crippen LogP contribution in [-0.2, 0) is 19.1 Å². The van der Waals surface area contributed by atoms with Crippen LogP contribution in [0.5, 0.6) is 0 Å². The number of esters is 1. The van der Waals surface area contributed by atoms with Gasteiger partial charge >= 0.3 is 5.97 Å². The third-order valence-corrected chi connectivity index (χ3v) is 4.55. The Morgan fingerprint density at radius 3 is 2.57 bits per heavy atom. The van der Waals surface area contributed by atoms with E-state index in [1.807, 2.05) is 30.3 Å². The molecule has 1 aliphatic carbocycles. The van der Waals surface area contributed by atoms with Gasteiger partial charge in [0, 0.05) is 30.8 Å². The van der Waals surface area contributed by atoms with Crippen LogP contribution < -0.4 is 0 Å². The quantitative estimate of drug-likeness (QED) is 0.628. The summed E-state index contributed by atoms with van der Waals surface area (Å²) in [7, 11) is 1.33. The van der Waals surface area contributed by atoms with Crippen LogP contribution in [0.4, 0.5) is 0 Å². The molecule has 1 aliphatic heterocycles. The maximum Gasteiger partial charge on any atom is 0.317 e. The van der Waals surface area contributed by atoms with Crippen LogP contribution in [0.1, 0.15) is 17.9 Å². The highest BCUT2D eigenvalue weighted by atomic mass is 16.5. The molecule has 3 rings (SSSR count). The van der Waals surface area contributed by atoms with Crippen molar-refractivity contribution in [2.24, 2.45) is 5.92 Å². The van der Waals surface area contributed by atoms with Crippen molar-refractivity contribution in [3.05, 3.63) is 47.7 Å². The Kier molecular flexibility index (Phi) is 4.76. The molecule has 2 atom stereocenters. The summed E-state index contributed by atoms with van der Waals surface area (Å²) in [5.74, 6) is -1.56. The van der Waals surface area contributed by atoms with E-state index >= 15 is 0 Å². The van der Waals surface area contributed by atoms with E-state index in [0.29, 0.717) is 19.6 Å². The largest absolute Gasteiger partial charge is 0.468 e. The average molecular weight is 315 g/mol. The van der Waals surface area contributed by atoms with Gasteiger partial charge in [0.2, 0.25) is 0 Å². The molecule has 0 unspecified atom stereocenters. The molecule has 1 aromatic carbocycles. The molecule has 0 bridgehead atoms. The number of hydrogen-bond donors (Lipinski definition) is 0. The lowest BCUT2D eigenvalue weighted by Gasteiger charge is -2.36. The van der Waals surface area contributed by atoms with E-state index < -0.39 is 11.9 Å². The molecule has 1 aromatic rings. The molecule has 0 saturated carbocycles. The van der Waals surface area contributed by atoms with Crippen LogP contribution >= 0.6 is 0 Å². The number of morpholine rings is 1. The van der Waals surface area contributed by atoms with Crippen molar-refractivity contribution >= 4 is 11.8 Å². The summed E-state index contributed by atoms with van der Waals surface area (Å²) >= 11 is 0. The van der Waals surface area contributed by atoms with Crippen molar-refractivity contribution in [2.45, 2.75) is 12.3 Å². The topological polar surface area (TPSA) is 55.8 Å². The van der Waals surface area contributed by atoms with Gasteiger partial charge < -0.3 is 14.4 Å². The first-order valence-corrected chi connectivity index (χ1v) is 7.90. The van der Waals surface area contributed by atoms with Gasteiger partial charge in [0.05, 0.1) is 20.3 Å². The zero-order valence-electron chi connectivity index (χ0n) is 13.2. The van der Waals surface area contributed by atoms with E-state index in [4.69, 9.17) is 9.47 Å². The van der Waals surface area contributed by atoms with Gasteiger partial charge in [-0.15, -0.1) is 0 Å². The zero-order valence-corrected chi connectivity index (χ0v) is 13.2. The van der Waals surface area contributed by atoms with Crippen LogP contribution in [0.2, 0.25) is 0 Å². The lowest BCUT2D eigenvalue weighted by atomic mass is 9.76. The molecule has 0 spiro atoms. The first kappa shape index (κ1) is 15.7. The molecular formula is C18H21NO4. The predicted octanol–water partition coefficient (Wildman–Crippen LogP) is 1.75. The maximum atomic E-state index is 12.6. The van der Waals surface area contributed by atoms with Gasteiger partial charge in [-0.3, -0.25) is 9.59 Å². The molecule has 23 heavy (non-hydrogen) atoms. The standard InChI is InChI=1S/C18H21NO4/c1-22-18(21)17-15(13-5-3-2-4-6-13)11-14(12-16(17)20)19-7-9-23-10-8-19/h2-6,12,15,17H,7-11H2,1H3/t15-,17+/m1/s1. The Hall–Kier alpha value is -2.14. The van der Waals surface area contributed by atoms with Crippen molar-refractivity contribution < 1.29 is 19.1 Å². The minimum absolute atomic E-state index is 0.168. The average Bonchev–Trinajstić information content (AvgIpc) is 2.62. The van der Waals surface area contributed by atoms with E-state index in [0.717, 1.165) is 24.4 Å². The third-order valence-electron chi connectivity index (χ3n) is 4.55. The monoisotopic (exact) mass is 315 g/mol. The molecule has 0 radical (unpaired) electrons. The number of ether oxygens (including phenoxy) is 2. The fourth-order valence-corrected chi connectivity index (χ4v) is 3.34. The molecule has 2 aliphatic rings. The summed E-state index contributed by atoms with van der Waals surface area (Å²) in [4.78, 5) is 26.9. The van der Waals surface area contributed by atoms with Gasteiger partial charge in [-0.05, 0) is 12.0 Å². The normalized spacial score (nSPS) is 25.0. The van der Waals surface area contributed by atoms with Gasteiger partial charge in [0.25, 0.3) is 0 Å². The zero-order chi connectivity index (χ0) is 16.2.